The summed E-state index contributed by atoms with van der Waals surface area (Å²) in [5.41, 5.74) is 0.291. The van der Waals surface area contributed by atoms with E-state index in [0.717, 1.165) is 32.4 Å². The summed E-state index contributed by atoms with van der Waals surface area (Å²) in [5.74, 6) is 0.587. The standard InChI is InChI=1S/C17H30N2O2/c1-4-21-15-11-14(17(15)7-5-8-17)19(3)16(20)13-6-9-18-12(2)10-13/h12-15,18H,4-11H2,1-3H3/t12-,13-,14?,15?/m0/s1. The molecule has 1 amide bonds. The number of hydrogen-bond acceptors (Lipinski definition) is 3. The molecule has 3 aliphatic rings. The summed E-state index contributed by atoms with van der Waals surface area (Å²) >= 11 is 0. The van der Waals surface area contributed by atoms with Gasteiger partial charge in [-0.05, 0) is 52.5 Å². The highest BCUT2D eigenvalue weighted by Gasteiger charge is 2.61. The molecule has 0 aromatic rings. The predicted molar refractivity (Wildman–Crippen MR) is 83.1 cm³/mol. The van der Waals surface area contributed by atoms with Crippen LogP contribution < -0.4 is 5.32 Å². The van der Waals surface area contributed by atoms with Crippen LogP contribution in [-0.4, -0.2) is 49.2 Å². The molecule has 0 aromatic heterocycles. The Labute approximate surface area is 128 Å². The quantitative estimate of drug-likeness (QED) is 0.864. The van der Waals surface area contributed by atoms with Crippen LogP contribution in [0.4, 0.5) is 0 Å². The second-order valence-electron chi connectivity index (χ2n) is 7.31. The lowest BCUT2D eigenvalue weighted by molar-refractivity contribution is -0.204. The first kappa shape index (κ1) is 15.3. The first-order valence-corrected chi connectivity index (χ1v) is 8.70. The highest BCUT2D eigenvalue weighted by molar-refractivity contribution is 5.79. The van der Waals surface area contributed by atoms with Gasteiger partial charge in [-0.1, -0.05) is 6.42 Å². The maximum atomic E-state index is 12.8. The molecular formula is C17H30N2O2. The van der Waals surface area contributed by atoms with Crippen molar-refractivity contribution in [3.05, 3.63) is 0 Å². The van der Waals surface area contributed by atoms with E-state index in [-0.39, 0.29) is 5.92 Å². The van der Waals surface area contributed by atoms with E-state index < -0.39 is 0 Å². The Morgan fingerprint density at radius 1 is 1.38 bits per heavy atom. The smallest absolute Gasteiger partial charge is 0.225 e. The average molecular weight is 294 g/mol. The van der Waals surface area contributed by atoms with Crippen LogP contribution in [-0.2, 0) is 9.53 Å². The van der Waals surface area contributed by atoms with Gasteiger partial charge in [-0.15, -0.1) is 0 Å². The zero-order valence-corrected chi connectivity index (χ0v) is 13.7. The zero-order valence-electron chi connectivity index (χ0n) is 13.7. The molecule has 1 saturated heterocycles. The van der Waals surface area contributed by atoms with Crippen LogP contribution in [0.25, 0.3) is 0 Å². The van der Waals surface area contributed by atoms with E-state index in [4.69, 9.17) is 4.74 Å². The lowest BCUT2D eigenvalue weighted by Crippen LogP contribution is -2.68. The van der Waals surface area contributed by atoms with E-state index in [2.05, 4.69) is 24.1 Å². The van der Waals surface area contributed by atoms with Gasteiger partial charge in [-0.3, -0.25) is 4.79 Å². The molecule has 0 bridgehead atoms. The molecule has 1 N–H and O–H groups in total. The second kappa shape index (κ2) is 5.88. The molecule has 120 valence electrons. The van der Waals surface area contributed by atoms with Gasteiger partial charge in [0.2, 0.25) is 5.91 Å². The van der Waals surface area contributed by atoms with Crippen molar-refractivity contribution in [3.8, 4) is 0 Å². The molecule has 1 heterocycles. The number of carbonyl (C=O) groups excluding carboxylic acids is 1. The van der Waals surface area contributed by atoms with Crippen molar-refractivity contribution >= 4 is 5.91 Å². The largest absolute Gasteiger partial charge is 0.378 e. The van der Waals surface area contributed by atoms with Gasteiger partial charge >= 0.3 is 0 Å². The molecule has 21 heavy (non-hydrogen) atoms. The summed E-state index contributed by atoms with van der Waals surface area (Å²) in [6.07, 6.45) is 7.18. The van der Waals surface area contributed by atoms with Gasteiger partial charge in [0.1, 0.15) is 0 Å². The highest BCUT2D eigenvalue weighted by atomic mass is 16.5. The highest BCUT2D eigenvalue weighted by Crippen LogP contribution is 2.59. The second-order valence-corrected chi connectivity index (χ2v) is 7.31. The summed E-state index contributed by atoms with van der Waals surface area (Å²) in [4.78, 5) is 14.9. The Bertz CT molecular complexity index is 394. The maximum absolute atomic E-state index is 12.8. The number of nitrogens with zero attached hydrogens (tertiary/aromatic N) is 1. The number of ether oxygens (including phenoxy) is 1. The third-order valence-corrected chi connectivity index (χ3v) is 6.18. The van der Waals surface area contributed by atoms with Gasteiger partial charge in [0, 0.05) is 37.1 Å². The first-order valence-electron chi connectivity index (χ1n) is 8.70. The van der Waals surface area contributed by atoms with Gasteiger partial charge < -0.3 is 15.0 Å². The van der Waals surface area contributed by atoms with Crippen molar-refractivity contribution in [1.82, 2.24) is 10.2 Å². The zero-order chi connectivity index (χ0) is 15.0. The van der Waals surface area contributed by atoms with Crippen molar-refractivity contribution in [3.63, 3.8) is 0 Å². The van der Waals surface area contributed by atoms with Gasteiger partial charge in [0.05, 0.1) is 6.10 Å². The molecule has 4 heteroatoms. The van der Waals surface area contributed by atoms with Crippen LogP contribution in [0.2, 0.25) is 0 Å². The Morgan fingerprint density at radius 3 is 2.71 bits per heavy atom. The first-order chi connectivity index (χ1) is 10.1. The Morgan fingerprint density at radius 2 is 2.14 bits per heavy atom. The van der Waals surface area contributed by atoms with Crippen LogP contribution in [0, 0.1) is 11.3 Å². The lowest BCUT2D eigenvalue weighted by Gasteiger charge is -2.63. The number of amides is 1. The monoisotopic (exact) mass is 294 g/mol. The summed E-state index contributed by atoms with van der Waals surface area (Å²) in [7, 11) is 2.03. The molecule has 0 aromatic carbocycles. The van der Waals surface area contributed by atoms with Gasteiger partial charge in [-0.25, -0.2) is 0 Å². The normalized spacial score (nSPS) is 37.7. The molecule has 2 aliphatic carbocycles. The van der Waals surface area contributed by atoms with Crippen molar-refractivity contribution in [2.75, 3.05) is 20.2 Å². The van der Waals surface area contributed by atoms with E-state index in [0.29, 0.717) is 29.5 Å². The Balaban J connectivity index is 1.62. The van der Waals surface area contributed by atoms with Crippen LogP contribution in [0.1, 0.15) is 52.4 Å². The number of nitrogens with one attached hydrogen (secondary N) is 1. The van der Waals surface area contributed by atoms with E-state index in [9.17, 15) is 4.79 Å². The SMILES string of the molecule is CCOC1CC(N(C)C(=O)[C@H]2CCN[C@@H](C)C2)C12CCC2. The molecule has 0 radical (unpaired) electrons. The number of carbonyl (C=O) groups is 1. The van der Waals surface area contributed by atoms with Crippen molar-refractivity contribution in [2.24, 2.45) is 11.3 Å². The third-order valence-electron chi connectivity index (χ3n) is 6.18. The molecule has 3 rings (SSSR count). The third kappa shape index (κ3) is 2.50. The Kier molecular flexibility index (Phi) is 4.28. The fourth-order valence-corrected chi connectivity index (χ4v) is 4.74. The summed E-state index contributed by atoms with van der Waals surface area (Å²) in [6.45, 7) is 6.03. The molecule has 1 spiro atoms. The minimum absolute atomic E-state index is 0.217. The minimum atomic E-state index is 0.217. The molecule has 2 unspecified atom stereocenters. The van der Waals surface area contributed by atoms with Crippen LogP contribution in [0.3, 0.4) is 0 Å². The van der Waals surface area contributed by atoms with Crippen molar-refractivity contribution < 1.29 is 9.53 Å². The summed E-state index contributed by atoms with van der Waals surface area (Å²) < 4.78 is 5.91. The predicted octanol–water partition coefficient (Wildman–Crippen LogP) is 2.18. The maximum Gasteiger partial charge on any atom is 0.225 e. The fraction of sp³-hybridized carbons (Fsp3) is 0.941. The molecule has 4 atom stereocenters. The van der Waals surface area contributed by atoms with Crippen LogP contribution in [0.15, 0.2) is 0 Å². The number of hydrogen-bond donors (Lipinski definition) is 1. The van der Waals surface area contributed by atoms with Crippen LogP contribution in [0.5, 0.6) is 0 Å². The molecular weight excluding hydrogens is 264 g/mol. The van der Waals surface area contributed by atoms with E-state index >= 15 is 0 Å². The Hall–Kier alpha value is -0.610. The minimum Gasteiger partial charge on any atom is -0.378 e. The van der Waals surface area contributed by atoms with Crippen molar-refractivity contribution in [2.45, 2.75) is 70.6 Å². The molecule has 4 nitrogen and oxygen atoms in total. The number of piperidine rings is 1. The summed E-state index contributed by atoms with van der Waals surface area (Å²) in [6, 6.07) is 0.886. The summed E-state index contributed by atoms with van der Waals surface area (Å²) in [5, 5.41) is 3.43. The van der Waals surface area contributed by atoms with Gasteiger partial charge in [-0.2, -0.15) is 0 Å². The molecule has 2 saturated carbocycles. The van der Waals surface area contributed by atoms with E-state index in [1.165, 1.54) is 19.3 Å². The molecule has 1 aliphatic heterocycles. The van der Waals surface area contributed by atoms with Crippen molar-refractivity contribution in [1.29, 1.82) is 0 Å². The van der Waals surface area contributed by atoms with E-state index in [1.54, 1.807) is 0 Å². The van der Waals surface area contributed by atoms with Crippen LogP contribution >= 0.6 is 0 Å². The fourth-order valence-electron chi connectivity index (χ4n) is 4.74. The van der Waals surface area contributed by atoms with E-state index in [1.807, 2.05) is 7.05 Å². The lowest BCUT2D eigenvalue weighted by atomic mass is 9.50. The average Bonchev–Trinajstić information content (AvgIpc) is 2.40. The van der Waals surface area contributed by atoms with Gasteiger partial charge in [0.15, 0.2) is 0 Å². The number of rotatable bonds is 4. The topological polar surface area (TPSA) is 41.6 Å². The van der Waals surface area contributed by atoms with Gasteiger partial charge in [0.25, 0.3) is 0 Å². The molecule has 3 fully saturated rings.